The van der Waals surface area contributed by atoms with Crippen LogP contribution in [-0.2, 0) is 16.1 Å². The molecular weight excluding hydrogens is 462 g/mol. The summed E-state index contributed by atoms with van der Waals surface area (Å²) in [5, 5.41) is 5.59. The topological polar surface area (TPSA) is 91.6 Å². The van der Waals surface area contributed by atoms with Crippen LogP contribution in [0.25, 0.3) is 0 Å². The molecule has 2 heterocycles. The Morgan fingerprint density at radius 2 is 1.84 bits per heavy atom. The number of para-hydroxylation sites is 1. The van der Waals surface area contributed by atoms with Crippen molar-refractivity contribution in [3.63, 3.8) is 0 Å². The van der Waals surface area contributed by atoms with Gasteiger partial charge in [0.15, 0.2) is 0 Å². The average molecular weight is 482 g/mol. The maximum Gasteiger partial charge on any atom is 0.253 e. The van der Waals surface area contributed by atoms with Crippen molar-refractivity contribution in [2.24, 2.45) is 5.92 Å². The minimum Gasteiger partial charge on any atom is -0.467 e. The molecule has 0 bridgehead atoms. The summed E-state index contributed by atoms with van der Waals surface area (Å²) < 4.78 is 6.14. The molecule has 8 heteroatoms. The SMILES string of the molecule is O=C(NCc1ccco1)c1ccccc1NC(=O)C1CC(=O)N(c2ccc(Br)cc2)C1. The number of benzene rings is 2. The first-order chi connectivity index (χ1) is 15.0. The summed E-state index contributed by atoms with van der Waals surface area (Å²) in [6.45, 7) is 0.534. The zero-order valence-corrected chi connectivity index (χ0v) is 18.1. The van der Waals surface area contributed by atoms with Crippen LogP contribution in [0.15, 0.2) is 75.8 Å². The third-order valence-corrected chi connectivity index (χ3v) is 5.60. The smallest absolute Gasteiger partial charge is 0.253 e. The molecule has 0 spiro atoms. The lowest BCUT2D eigenvalue weighted by molar-refractivity contribution is -0.122. The van der Waals surface area contributed by atoms with E-state index in [-0.39, 0.29) is 30.7 Å². The highest BCUT2D eigenvalue weighted by Crippen LogP contribution is 2.27. The molecule has 1 atom stereocenters. The van der Waals surface area contributed by atoms with Crippen molar-refractivity contribution >= 4 is 45.0 Å². The van der Waals surface area contributed by atoms with Crippen LogP contribution in [-0.4, -0.2) is 24.3 Å². The molecule has 0 aliphatic carbocycles. The van der Waals surface area contributed by atoms with E-state index in [1.54, 1.807) is 41.3 Å². The van der Waals surface area contributed by atoms with Gasteiger partial charge in [-0.15, -0.1) is 0 Å². The van der Waals surface area contributed by atoms with Crippen LogP contribution in [0.1, 0.15) is 22.5 Å². The van der Waals surface area contributed by atoms with Gasteiger partial charge in [0.25, 0.3) is 5.91 Å². The molecule has 1 fully saturated rings. The van der Waals surface area contributed by atoms with E-state index in [1.165, 1.54) is 6.26 Å². The van der Waals surface area contributed by atoms with Gasteiger partial charge in [0.2, 0.25) is 11.8 Å². The fourth-order valence-corrected chi connectivity index (χ4v) is 3.72. The second-order valence-corrected chi connectivity index (χ2v) is 8.09. The summed E-state index contributed by atoms with van der Waals surface area (Å²) >= 11 is 3.38. The molecule has 2 N–H and O–H groups in total. The Hall–Kier alpha value is -3.39. The Morgan fingerprint density at radius 3 is 2.58 bits per heavy atom. The number of nitrogens with one attached hydrogen (secondary N) is 2. The van der Waals surface area contributed by atoms with Gasteiger partial charge < -0.3 is 20.0 Å². The first-order valence-electron chi connectivity index (χ1n) is 9.77. The molecule has 0 radical (unpaired) electrons. The van der Waals surface area contributed by atoms with E-state index in [0.717, 1.165) is 10.2 Å². The first kappa shape index (κ1) is 20.9. The summed E-state index contributed by atoms with van der Waals surface area (Å²) in [4.78, 5) is 39.5. The molecule has 1 aromatic heterocycles. The van der Waals surface area contributed by atoms with Crippen LogP contribution in [0.4, 0.5) is 11.4 Å². The van der Waals surface area contributed by atoms with Crippen LogP contribution < -0.4 is 15.5 Å². The molecule has 2 aromatic carbocycles. The Kier molecular flexibility index (Phi) is 6.18. The highest BCUT2D eigenvalue weighted by atomic mass is 79.9. The standard InChI is InChI=1S/C23H20BrN3O4/c24-16-7-9-17(10-8-16)27-14-15(12-21(27)28)22(29)26-20-6-2-1-5-19(20)23(30)25-13-18-4-3-11-31-18/h1-11,15H,12-14H2,(H,25,30)(H,26,29). The van der Waals surface area contributed by atoms with Crippen molar-refractivity contribution in [3.8, 4) is 0 Å². The van der Waals surface area contributed by atoms with E-state index in [2.05, 4.69) is 26.6 Å². The van der Waals surface area contributed by atoms with Gasteiger partial charge in [0.05, 0.1) is 30.0 Å². The number of hydrogen-bond donors (Lipinski definition) is 2. The maximum absolute atomic E-state index is 12.9. The van der Waals surface area contributed by atoms with Gasteiger partial charge in [0, 0.05) is 23.1 Å². The second kappa shape index (κ2) is 9.18. The van der Waals surface area contributed by atoms with Crippen molar-refractivity contribution in [1.29, 1.82) is 0 Å². The van der Waals surface area contributed by atoms with E-state index in [4.69, 9.17) is 4.42 Å². The zero-order valence-electron chi connectivity index (χ0n) is 16.5. The number of carbonyl (C=O) groups excluding carboxylic acids is 3. The van der Waals surface area contributed by atoms with Crippen molar-refractivity contribution in [2.45, 2.75) is 13.0 Å². The number of carbonyl (C=O) groups is 3. The third-order valence-electron chi connectivity index (χ3n) is 5.07. The minimum absolute atomic E-state index is 0.105. The van der Waals surface area contributed by atoms with Crippen LogP contribution in [0.2, 0.25) is 0 Å². The fourth-order valence-electron chi connectivity index (χ4n) is 3.45. The Labute approximate surface area is 187 Å². The van der Waals surface area contributed by atoms with Gasteiger partial charge in [0.1, 0.15) is 5.76 Å². The van der Waals surface area contributed by atoms with E-state index in [9.17, 15) is 14.4 Å². The van der Waals surface area contributed by atoms with Crippen molar-refractivity contribution in [3.05, 3.63) is 82.7 Å². The quantitative estimate of drug-likeness (QED) is 0.557. The Bertz CT molecular complexity index is 1100. The van der Waals surface area contributed by atoms with Gasteiger partial charge in [-0.3, -0.25) is 14.4 Å². The average Bonchev–Trinajstić information content (AvgIpc) is 3.43. The fraction of sp³-hybridized carbons (Fsp3) is 0.174. The number of rotatable bonds is 6. The van der Waals surface area contributed by atoms with E-state index >= 15 is 0 Å². The summed E-state index contributed by atoms with van der Waals surface area (Å²) in [7, 11) is 0. The zero-order chi connectivity index (χ0) is 21.8. The molecule has 0 saturated carbocycles. The van der Waals surface area contributed by atoms with Crippen LogP contribution >= 0.6 is 15.9 Å². The molecule has 158 valence electrons. The molecule has 3 aromatic rings. The van der Waals surface area contributed by atoms with Gasteiger partial charge in [-0.2, -0.15) is 0 Å². The predicted molar refractivity (Wildman–Crippen MR) is 120 cm³/mol. The Balaban J connectivity index is 1.42. The lowest BCUT2D eigenvalue weighted by atomic mass is 10.1. The van der Waals surface area contributed by atoms with Crippen LogP contribution in [0.3, 0.4) is 0 Å². The Morgan fingerprint density at radius 1 is 1.06 bits per heavy atom. The van der Waals surface area contributed by atoms with Crippen molar-refractivity contribution in [2.75, 3.05) is 16.8 Å². The molecule has 31 heavy (non-hydrogen) atoms. The highest BCUT2D eigenvalue weighted by molar-refractivity contribution is 9.10. The maximum atomic E-state index is 12.9. The number of furan rings is 1. The third kappa shape index (κ3) is 4.86. The monoisotopic (exact) mass is 481 g/mol. The minimum atomic E-state index is -0.504. The molecule has 4 rings (SSSR count). The molecule has 1 aliphatic rings. The summed E-state index contributed by atoms with van der Waals surface area (Å²) in [5.74, 6) is -0.597. The number of hydrogen-bond acceptors (Lipinski definition) is 4. The number of halogens is 1. The molecule has 3 amide bonds. The highest BCUT2D eigenvalue weighted by Gasteiger charge is 2.35. The van der Waals surface area contributed by atoms with Crippen molar-refractivity contribution < 1.29 is 18.8 Å². The first-order valence-corrected chi connectivity index (χ1v) is 10.6. The lowest BCUT2D eigenvalue weighted by Gasteiger charge is -2.17. The second-order valence-electron chi connectivity index (χ2n) is 7.18. The van der Waals surface area contributed by atoms with Gasteiger partial charge in [-0.25, -0.2) is 0 Å². The molecule has 1 saturated heterocycles. The predicted octanol–water partition coefficient (Wildman–Crippen LogP) is 3.96. The van der Waals surface area contributed by atoms with E-state index in [0.29, 0.717) is 23.6 Å². The number of nitrogens with zero attached hydrogens (tertiary/aromatic N) is 1. The summed E-state index contributed by atoms with van der Waals surface area (Å²) in [6.07, 6.45) is 1.66. The largest absolute Gasteiger partial charge is 0.467 e. The summed E-state index contributed by atoms with van der Waals surface area (Å²) in [5.41, 5.74) is 1.50. The van der Waals surface area contributed by atoms with E-state index < -0.39 is 5.92 Å². The number of amides is 3. The molecular formula is C23H20BrN3O4. The van der Waals surface area contributed by atoms with Crippen LogP contribution in [0, 0.1) is 5.92 Å². The van der Waals surface area contributed by atoms with Gasteiger partial charge >= 0.3 is 0 Å². The van der Waals surface area contributed by atoms with Gasteiger partial charge in [-0.1, -0.05) is 28.1 Å². The van der Waals surface area contributed by atoms with Crippen LogP contribution in [0.5, 0.6) is 0 Å². The molecule has 1 aliphatic heterocycles. The molecule has 1 unspecified atom stereocenters. The number of anilines is 2. The lowest BCUT2D eigenvalue weighted by Crippen LogP contribution is -2.29. The summed E-state index contributed by atoms with van der Waals surface area (Å²) in [6, 6.07) is 17.7. The normalized spacial score (nSPS) is 15.7. The van der Waals surface area contributed by atoms with Gasteiger partial charge in [-0.05, 0) is 48.5 Å². The molecule has 7 nitrogen and oxygen atoms in total. The van der Waals surface area contributed by atoms with Crippen molar-refractivity contribution in [1.82, 2.24) is 5.32 Å². The van der Waals surface area contributed by atoms with E-state index in [1.807, 2.05) is 24.3 Å².